The summed E-state index contributed by atoms with van der Waals surface area (Å²) in [6.07, 6.45) is 4.87. The third-order valence-electron chi connectivity index (χ3n) is 5.67. The largest absolute Gasteiger partial charge is 0.373 e. The van der Waals surface area contributed by atoms with Crippen molar-refractivity contribution in [2.24, 2.45) is 0 Å². The van der Waals surface area contributed by atoms with E-state index in [-0.39, 0.29) is 11.9 Å². The van der Waals surface area contributed by atoms with Crippen molar-refractivity contribution in [2.45, 2.75) is 38.1 Å². The van der Waals surface area contributed by atoms with Crippen LogP contribution in [0.5, 0.6) is 0 Å². The Labute approximate surface area is 184 Å². The van der Waals surface area contributed by atoms with Crippen LogP contribution in [0, 0.1) is 6.92 Å². The number of carbonyl (C=O) groups excluding carboxylic acids is 1. The average molecular weight is 433 g/mol. The normalized spacial score (nSPS) is 14.5. The Bertz CT molecular complexity index is 1240. The number of benzene rings is 1. The van der Waals surface area contributed by atoms with E-state index >= 15 is 0 Å². The van der Waals surface area contributed by atoms with Crippen LogP contribution in [0.15, 0.2) is 42.0 Å². The molecule has 1 aromatic carbocycles. The Morgan fingerprint density at radius 3 is 2.87 bits per heavy atom. The molecule has 0 spiro atoms. The molecule has 3 N–H and O–H groups in total. The predicted octanol–water partition coefficient (Wildman–Crippen LogP) is 4.36. The molecule has 158 valence electrons. The number of nitrogens with one attached hydrogen (secondary N) is 3. The minimum absolute atomic E-state index is 0.123. The second-order valence-electron chi connectivity index (χ2n) is 7.92. The molecular weight excluding hydrogens is 408 g/mol. The van der Waals surface area contributed by atoms with Gasteiger partial charge in [0.1, 0.15) is 16.5 Å². The van der Waals surface area contributed by atoms with Gasteiger partial charge in [-0.05, 0) is 31.4 Å². The highest BCUT2D eigenvalue weighted by molar-refractivity contribution is 7.11. The molecule has 1 aliphatic carbocycles. The van der Waals surface area contributed by atoms with Crippen molar-refractivity contribution >= 4 is 34.0 Å². The lowest BCUT2D eigenvalue weighted by Crippen LogP contribution is -2.31. The van der Waals surface area contributed by atoms with Gasteiger partial charge in [0.2, 0.25) is 0 Å². The Kier molecular flexibility index (Phi) is 5.15. The predicted molar refractivity (Wildman–Crippen MR) is 123 cm³/mol. The van der Waals surface area contributed by atoms with E-state index in [2.05, 4.69) is 37.7 Å². The number of hydrogen-bond acceptors (Lipinski definition) is 6. The van der Waals surface area contributed by atoms with Crippen LogP contribution in [-0.2, 0) is 6.42 Å². The van der Waals surface area contributed by atoms with E-state index in [4.69, 9.17) is 4.98 Å². The summed E-state index contributed by atoms with van der Waals surface area (Å²) in [5.74, 6) is 1.93. The molecule has 0 bridgehead atoms. The van der Waals surface area contributed by atoms with Crippen molar-refractivity contribution in [3.8, 4) is 0 Å². The summed E-state index contributed by atoms with van der Waals surface area (Å²) in [6, 6.07) is 9.85. The van der Waals surface area contributed by atoms with Crippen molar-refractivity contribution in [3.63, 3.8) is 0 Å². The minimum Gasteiger partial charge on any atom is -0.373 e. The number of aryl methyl sites for hydroxylation is 1. The number of carbonyl (C=O) groups is 1. The number of para-hydroxylation sites is 1. The maximum Gasteiger partial charge on any atom is 0.263 e. The van der Waals surface area contributed by atoms with Crippen LogP contribution in [0.2, 0.25) is 0 Å². The highest BCUT2D eigenvalue weighted by Crippen LogP contribution is 2.39. The Hall–Kier alpha value is -3.26. The van der Waals surface area contributed by atoms with E-state index in [1.165, 1.54) is 11.3 Å². The summed E-state index contributed by atoms with van der Waals surface area (Å²) in [7, 11) is 1.86. The van der Waals surface area contributed by atoms with Crippen LogP contribution in [0.4, 0.5) is 5.82 Å². The highest BCUT2D eigenvalue weighted by atomic mass is 32.1. The molecule has 1 amide bonds. The lowest BCUT2D eigenvalue weighted by molar-refractivity contribution is 0.0939. The molecule has 0 saturated heterocycles. The fourth-order valence-electron chi connectivity index (χ4n) is 3.81. The monoisotopic (exact) mass is 432 g/mol. The standard InChI is InChI=1S/C23H24N6OS/c1-13-21(31-12-26-13)23(30)28-18(9-15-11-25-17-6-4-3-5-16(15)17)19-10-20(24-2)29-22(27-19)14-7-8-14/h3-6,10-12,14,18,25H,7-9H2,1-2H3,(H,28,30)(H,24,27,29)/t18-/m0/s1. The van der Waals surface area contributed by atoms with Gasteiger partial charge in [0.25, 0.3) is 5.91 Å². The first kappa shape index (κ1) is 19.7. The number of H-pyrrole nitrogens is 1. The van der Waals surface area contributed by atoms with Crippen LogP contribution in [0.25, 0.3) is 10.9 Å². The minimum atomic E-state index is -0.291. The summed E-state index contributed by atoms with van der Waals surface area (Å²) in [5.41, 5.74) is 5.49. The van der Waals surface area contributed by atoms with Crippen molar-refractivity contribution < 1.29 is 4.79 Å². The van der Waals surface area contributed by atoms with E-state index in [0.717, 1.165) is 52.3 Å². The van der Waals surface area contributed by atoms with Crippen LogP contribution in [0.3, 0.4) is 0 Å². The number of aromatic amines is 1. The topological polar surface area (TPSA) is 95.6 Å². The zero-order chi connectivity index (χ0) is 21.4. The number of fused-ring (bicyclic) bond motifs is 1. The summed E-state index contributed by atoms with van der Waals surface area (Å²) < 4.78 is 0. The van der Waals surface area contributed by atoms with E-state index in [9.17, 15) is 4.79 Å². The van der Waals surface area contributed by atoms with Gasteiger partial charge < -0.3 is 15.6 Å². The van der Waals surface area contributed by atoms with Crippen molar-refractivity contribution in [1.29, 1.82) is 0 Å². The molecular formula is C23H24N6OS. The molecule has 3 heterocycles. The molecule has 31 heavy (non-hydrogen) atoms. The number of hydrogen-bond donors (Lipinski definition) is 3. The Morgan fingerprint density at radius 2 is 2.13 bits per heavy atom. The molecule has 1 aliphatic rings. The van der Waals surface area contributed by atoms with Gasteiger partial charge in [0.05, 0.1) is 22.9 Å². The first-order valence-electron chi connectivity index (χ1n) is 10.4. The molecule has 3 aromatic heterocycles. The molecule has 4 aromatic rings. The van der Waals surface area contributed by atoms with E-state index in [1.54, 1.807) is 5.51 Å². The first-order valence-corrected chi connectivity index (χ1v) is 11.3. The zero-order valence-corrected chi connectivity index (χ0v) is 18.3. The maximum atomic E-state index is 13.1. The molecule has 0 aliphatic heterocycles. The first-order chi connectivity index (χ1) is 15.1. The van der Waals surface area contributed by atoms with Crippen LogP contribution < -0.4 is 10.6 Å². The number of rotatable bonds is 7. The van der Waals surface area contributed by atoms with Gasteiger partial charge >= 0.3 is 0 Å². The molecule has 1 saturated carbocycles. The number of aromatic nitrogens is 4. The molecule has 8 heteroatoms. The summed E-state index contributed by atoms with van der Waals surface area (Å²) in [4.78, 5) is 30.8. The van der Waals surface area contributed by atoms with Gasteiger partial charge in [-0.15, -0.1) is 11.3 Å². The second kappa shape index (κ2) is 8.11. The molecule has 0 radical (unpaired) electrons. The lowest BCUT2D eigenvalue weighted by Gasteiger charge is -2.19. The van der Waals surface area contributed by atoms with E-state index < -0.39 is 0 Å². The van der Waals surface area contributed by atoms with E-state index in [0.29, 0.717) is 17.2 Å². The number of anilines is 1. The zero-order valence-electron chi connectivity index (χ0n) is 17.5. The maximum absolute atomic E-state index is 13.1. The highest BCUT2D eigenvalue weighted by Gasteiger charge is 2.29. The Balaban J connectivity index is 1.53. The molecule has 7 nitrogen and oxygen atoms in total. The SMILES string of the molecule is CNc1cc([C@H](Cc2c[nH]c3ccccc23)NC(=O)c2scnc2C)nc(C2CC2)n1. The van der Waals surface area contributed by atoms with Gasteiger partial charge in [-0.2, -0.15) is 0 Å². The summed E-state index contributed by atoms with van der Waals surface area (Å²) in [5, 5.41) is 7.52. The Morgan fingerprint density at radius 1 is 1.29 bits per heavy atom. The molecule has 1 atom stereocenters. The van der Waals surface area contributed by atoms with Gasteiger partial charge in [0.15, 0.2) is 0 Å². The lowest BCUT2D eigenvalue weighted by atomic mass is 10.0. The number of nitrogens with zero attached hydrogens (tertiary/aromatic N) is 3. The molecule has 5 rings (SSSR count). The van der Waals surface area contributed by atoms with E-state index in [1.807, 2.05) is 38.4 Å². The fraction of sp³-hybridized carbons (Fsp3) is 0.304. The fourth-order valence-corrected chi connectivity index (χ4v) is 4.52. The molecule has 1 fully saturated rings. The average Bonchev–Trinajstić information content (AvgIpc) is 3.44. The van der Waals surface area contributed by atoms with Crippen LogP contribution >= 0.6 is 11.3 Å². The third-order valence-corrected chi connectivity index (χ3v) is 6.60. The summed E-state index contributed by atoms with van der Waals surface area (Å²) >= 11 is 1.36. The smallest absolute Gasteiger partial charge is 0.263 e. The number of amides is 1. The van der Waals surface area contributed by atoms with Crippen LogP contribution in [0.1, 0.15) is 57.2 Å². The van der Waals surface area contributed by atoms with Crippen LogP contribution in [-0.4, -0.2) is 32.9 Å². The van der Waals surface area contributed by atoms with Crippen molar-refractivity contribution in [1.82, 2.24) is 25.3 Å². The quantitative estimate of drug-likeness (QED) is 0.403. The summed E-state index contributed by atoms with van der Waals surface area (Å²) in [6.45, 7) is 1.86. The second-order valence-corrected chi connectivity index (χ2v) is 8.77. The van der Waals surface area contributed by atoms with Gasteiger partial charge in [-0.1, -0.05) is 18.2 Å². The van der Waals surface area contributed by atoms with Gasteiger partial charge in [-0.25, -0.2) is 15.0 Å². The van der Waals surface area contributed by atoms with Crippen molar-refractivity contribution in [3.05, 3.63) is 69.7 Å². The van der Waals surface area contributed by atoms with Gasteiger partial charge in [0, 0.05) is 42.6 Å². The number of thiazole rings is 1. The van der Waals surface area contributed by atoms with Crippen molar-refractivity contribution in [2.75, 3.05) is 12.4 Å². The molecule has 0 unspecified atom stereocenters. The van der Waals surface area contributed by atoms with Gasteiger partial charge in [-0.3, -0.25) is 4.79 Å². The third kappa shape index (κ3) is 4.03.